The fourth-order valence-electron chi connectivity index (χ4n) is 4.60. The molecule has 0 aromatic carbocycles. The van der Waals surface area contributed by atoms with E-state index in [2.05, 4.69) is 26.9 Å². The van der Waals surface area contributed by atoms with Gasteiger partial charge in [0.1, 0.15) is 0 Å². The fourth-order valence-corrected chi connectivity index (χ4v) is 4.60. The van der Waals surface area contributed by atoms with Crippen LogP contribution < -0.4 is 5.32 Å². The quantitative estimate of drug-likeness (QED) is 0.729. The standard InChI is InChI=1S/C20H36N4O3/c1-3-22-10-12-23(13-11-22)7-4-19(26)24-8-5-20(6-9-24)14-18(27-16-20)15-21-17(2)25/h18H,3-16H2,1-2H3,(H,21,25). The van der Waals surface area contributed by atoms with Crippen molar-refractivity contribution in [3.05, 3.63) is 0 Å². The molecular formula is C20H36N4O3. The maximum Gasteiger partial charge on any atom is 0.223 e. The minimum Gasteiger partial charge on any atom is -0.376 e. The first-order valence-electron chi connectivity index (χ1n) is 10.6. The Bertz CT molecular complexity index is 511. The highest BCUT2D eigenvalue weighted by Gasteiger charge is 2.42. The van der Waals surface area contributed by atoms with E-state index in [4.69, 9.17) is 4.74 Å². The number of likely N-dealkylation sites (N-methyl/N-ethyl adjacent to an activating group) is 1. The molecule has 0 aromatic heterocycles. The summed E-state index contributed by atoms with van der Waals surface area (Å²) in [5.41, 5.74) is 0.205. The van der Waals surface area contributed by atoms with E-state index in [1.807, 2.05) is 0 Å². The highest BCUT2D eigenvalue weighted by Crippen LogP contribution is 2.41. The molecule has 0 aliphatic carbocycles. The van der Waals surface area contributed by atoms with Crippen molar-refractivity contribution in [2.75, 3.05) is 65.5 Å². The molecule has 27 heavy (non-hydrogen) atoms. The maximum atomic E-state index is 12.6. The molecule has 3 aliphatic rings. The molecule has 0 aromatic rings. The van der Waals surface area contributed by atoms with Crippen molar-refractivity contribution in [2.45, 2.75) is 45.6 Å². The number of carbonyl (C=O) groups excluding carboxylic acids is 2. The Hall–Kier alpha value is -1.18. The van der Waals surface area contributed by atoms with Crippen LogP contribution in [0.4, 0.5) is 0 Å². The van der Waals surface area contributed by atoms with Crippen LogP contribution in [0.15, 0.2) is 0 Å². The van der Waals surface area contributed by atoms with Crippen molar-refractivity contribution < 1.29 is 14.3 Å². The van der Waals surface area contributed by atoms with E-state index in [9.17, 15) is 9.59 Å². The summed E-state index contributed by atoms with van der Waals surface area (Å²) in [5.74, 6) is 0.299. The predicted octanol–water partition coefficient (Wildman–Crippen LogP) is 0.548. The van der Waals surface area contributed by atoms with Gasteiger partial charge in [-0.25, -0.2) is 0 Å². The molecular weight excluding hydrogens is 344 g/mol. The second-order valence-corrected chi connectivity index (χ2v) is 8.48. The van der Waals surface area contributed by atoms with Crippen LogP contribution in [0.5, 0.6) is 0 Å². The van der Waals surface area contributed by atoms with Gasteiger partial charge >= 0.3 is 0 Å². The van der Waals surface area contributed by atoms with Gasteiger partial charge in [-0.2, -0.15) is 0 Å². The summed E-state index contributed by atoms with van der Waals surface area (Å²) in [5, 5.41) is 2.85. The second kappa shape index (κ2) is 9.34. The van der Waals surface area contributed by atoms with Gasteiger partial charge in [0.05, 0.1) is 12.7 Å². The number of rotatable bonds is 6. The molecule has 2 amide bonds. The van der Waals surface area contributed by atoms with Crippen molar-refractivity contribution in [3.8, 4) is 0 Å². The van der Waals surface area contributed by atoms with Crippen LogP contribution in [0.1, 0.15) is 39.5 Å². The Balaban J connectivity index is 1.35. The Morgan fingerprint density at radius 2 is 1.74 bits per heavy atom. The third kappa shape index (κ3) is 5.65. The number of piperidine rings is 1. The molecule has 3 fully saturated rings. The van der Waals surface area contributed by atoms with E-state index >= 15 is 0 Å². The monoisotopic (exact) mass is 380 g/mol. The number of likely N-dealkylation sites (tertiary alicyclic amines) is 1. The number of nitrogens with zero attached hydrogens (tertiary/aromatic N) is 3. The van der Waals surface area contributed by atoms with Gasteiger partial charge in [0.2, 0.25) is 11.8 Å². The van der Waals surface area contributed by atoms with Crippen LogP contribution >= 0.6 is 0 Å². The van der Waals surface area contributed by atoms with Crippen LogP contribution in [-0.2, 0) is 14.3 Å². The lowest BCUT2D eigenvalue weighted by atomic mass is 9.76. The second-order valence-electron chi connectivity index (χ2n) is 8.48. The number of hydrogen-bond acceptors (Lipinski definition) is 5. The summed E-state index contributed by atoms with van der Waals surface area (Å²) in [7, 11) is 0. The summed E-state index contributed by atoms with van der Waals surface area (Å²) in [6.45, 7) is 13.2. The summed E-state index contributed by atoms with van der Waals surface area (Å²) in [6.07, 6.45) is 3.80. The van der Waals surface area contributed by atoms with Crippen LogP contribution in [0.25, 0.3) is 0 Å². The zero-order valence-electron chi connectivity index (χ0n) is 17.0. The molecule has 3 saturated heterocycles. The largest absolute Gasteiger partial charge is 0.376 e. The molecule has 0 bridgehead atoms. The summed E-state index contributed by atoms with van der Waals surface area (Å²) in [6, 6.07) is 0. The number of nitrogens with one attached hydrogen (secondary N) is 1. The SMILES string of the molecule is CCN1CCN(CCC(=O)N2CCC3(CC2)COC(CNC(C)=O)C3)CC1. The smallest absolute Gasteiger partial charge is 0.223 e. The summed E-state index contributed by atoms with van der Waals surface area (Å²) < 4.78 is 5.91. The van der Waals surface area contributed by atoms with Gasteiger partial charge in [-0.05, 0) is 31.2 Å². The zero-order valence-corrected chi connectivity index (χ0v) is 17.0. The third-order valence-corrected chi connectivity index (χ3v) is 6.60. The molecule has 7 nitrogen and oxygen atoms in total. The molecule has 1 unspecified atom stereocenters. The highest BCUT2D eigenvalue weighted by molar-refractivity contribution is 5.76. The van der Waals surface area contributed by atoms with Crippen molar-refractivity contribution >= 4 is 11.8 Å². The van der Waals surface area contributed by atoms with Crippen molar-refractivity contribution in [3.63, 3.8) is 0 Å². The Morgan fingerprint density at radius 3 is 2.37 bits per heavy atom. The van der Waals surface area contributed by atoms with Gasteiger partial charge < -0.3 is 24.8 Å². The molecule has 1 atom stereocenters. The van der Waals surface area contributed by atoms with Gasteiger partial charge in [-0.3, -0.25) is 9.59 Å². The summed E-state index contributed by atoms with van der Waals surface area (Å²) >= 11 is 0. The number of amides is 2. The summed E-state index contributed by atoms with van der Waals surface area (Å²) in [4.78, 5) is 30.6. The number of hydrogen-bond donors (Lipinski definition) is 1. The molecule has 1 N–H and O–H groups in total. The molecule has 0 saturated carbocycles. The average molecular weight is 381 g/mol. The van der Waals surface area contributed by atoms with E-state index in [-0.39, 0.29) is 17.4 Å². The van der Waals surface area contributed by atoms with Crippen LogP contribution in [-0.4, -0.2) is 98.1 Å². The Morgan fingerprint density at radius 1 is 1.07 bits per heavy atom. The van der Waals surface area contributed by atoms with Gasteiger partial charge in [0, 0.05) is 65.7 Å². The lowest BCUT2D eigenvalue weighted by Crippen LogP contribution is -2.48. The van der Waals surface area contributed by atoms with Gasteiger partial charge in [0.15, 0.2) is 0 Å². The van der Waals surface area contributed by atoms with Gasteiger partial charge in [-0.1, -0.05) is 6.92 Å². The molecule has 3 rings (SSSR count). The topological polar surface area (TPSA) is 65.1 Å². The lowest BCUT2D eigenvalue weighted by Gasteiger charge is -2.39. The molecule has 7 heteroatoms. The lowest BCUT2D eigenvalue weighted by molar-refractivity contribution is -0.134. The molecule has 3 heterocycles. The van der Waals surface area contributed by atoms with E-state index in [1.165, 1.54) is 0 Å². The van der Waals surface area contributed by atoms with Gasteiger partial charge in [0.25, 0.3) is 0 Å². The number of carbonyl (C=O) groups is 2. The Labute approximate surface area is 163 Å². The maximum absolute atomic E-state index is 12.6. The molecule has 154 valence electrons. The van der Waals surface area contributed by atoms with Crippen molar-refractivity contribution in [1.82, 2.24) is 20.0 Å². The van der Waals surface area contributed by atoms with Crippen molar-refractivity contribution in [1.29, 1.82) is 0 Å². The first-order valence-corrected chi connectivity index (χ1v) is 10.6. The van der Waals surface area contributed by atoms with E-state index in [1.54, 1.807) is 6.92 Å². The van der Waals surface area contributed by atoms with E-state index < -0.39 is 0 Å². The third-order valence-electron chi connectivity index (χ3n) is 6.60. The molecule has 0 radical (unpaired) electrons. The molecule has 3 aliphatic heterocycles. The van der Waals surface area contributed by atoms with Gasteiger partial charge in [-0.15, -0.1) is 0 Å². The number of piperazine rings is 1. The number of ether oxygens (including phenoxy) is 1. The minimum absolute atomic E-state index is 0.00364. The predicted molar refractivity (Wildman–Crippen MR) is 104 cm³/mol. The Kier molecular flexibility index (Phi) is 7.11. The average Bonchev–Trinajstić information content (AvgIpc) is 3.08. The van der Waals surface area contributed by atoms with E-state index in [0.717, 1.165) is 78.2 Å². The molecule has 1 spiro atoms. The highest BCUT2D eigenvalue weighted by atomic mass is 16.5. The van der Waals surface area contributed by atoms with Crippen LogP contribution in [0, 0.1) is 5.41 Å². The first kappa shape index (κ1) is 20.6. The van der Waals surface area contributed by atoms with Crippen LogP contribution in [0.3, 0.4) is 0 Å². The van der Waals surface area contributed by atoms with Crippen molar-refractivity contribution in [2.24, 2.45) is 5.41 Å². The van der Waals surface area contributed by atoms with Crippen LogP contribution in [0.2, 0.25) is 0 Å². The van der Waals surface area contributed by atoms with E-state index in [0.29, 0.717) is 18.9 Å². The fraction of sp³-hybridized carbons (Fsp3) is 0.900. The minimum atomic E-state index is -0.00364. The normalized spacial score (nSPS) is 26.4. The zero-order chi connectivity index (χ0) is 19.3. The first-order chi connectivity index (χ1) is 13.0.